The zero-order valence-electron chi connectivity index (χ0n) is 13.2. The molecular weight excluding hydrogens is 276 g/mol. The van der Waals surface area contributed by atoms with Crippen molar-refractivity contribution in [2.45, 2.75) is 32.9 Å². The van der Waals surface area contributed by atoms with E-state index in [0.717, 1.165) is 22.4 Å². The van der Waals surface area contributed by atoms with Gasteiger partial charge in [0.15, 0.2) is 0 Å². The lowest BCUT2D eigenvalue weighted by Crippen LogP contribution is -2.32. The number of nitrogen functional groups attached to an aromatic ring is 1. The van der Waals surface area contributed by atoms with Gasteiger partial charge in [0.1, 0.15) is 5.60 Å². The summed E-state index contributed by atoms with van der Waals surface area (Å²) in [5.41, 5.74) is 9.23. The summed E-state index contributed by atoms with van der Waals surface area (Å²) in [6.07, 6.45) is -0.410. The van der Waals surface area contributed by atoms with Crippen molar-refractivity contribution in [3.8, 4) is 11.1 Å². The molecule has 0 aliphatic carbocycles. The van der Waals surface area contributed by atoms with E-state index >= 15 is 0 Å². The summed E-state index contributed by atoms with van der Waals surface area (Å²) in [6, 6.07) is 15.7. The van der Waals surface area contributed by atoms with Gasteiger partial charge < -0.3 is 15.8 Å². The number of benzene rings is 2. The molecule has 116 valence electrons. The minimum absolute atomic E-state index is 0.410. The largest absolute Gasteiger partial charge is 0.444 e. The Hall–Kier alpha value is -2.49. The van der Waals surface area contributed by atoms with E-state index < -0.39 is 11.7 Å². The molecule has 0 aliphatic rings. The molecule has 0 aliphatic heterocycles. The summed E-state index contributed by atoms with van der Waals surface area (Å²) < 4.78 is 5.20. The van der Waals surface area contributed by atoms with Crippen molar-refractivity contribution >= 4 is 11.8 Å². The first-order valence-electron chi connectivity index (χ1n) is 7.25. The highest BCUT2D eigenvalue weighted by atomic mass is 16.6. The molecule has 0 saturated carbocycles. The van der Waals surface area contributed by atoms with Crippen molar-refractivity contribution in [3.05, 3.63) is 54.1 Å². The molecule has 0 spiro atoms. The number of carbonyl (C=O) groups is 1. The van der Waals surface area contributed by atoms with Crippen LogP contribution in [0.1, 0.15) is 26.3 Å². The van der Waals surface area contributed by atoms with Gasteiger partial charge >= 0.3 is 6.09 Å². The first-order valence-corrected chi connectivity index (χ1v) is 7.25. The summed E-state index contributed by atoms with van der Waals surface area (Å²) in [6.45, 7) is 5.96. The van der Waals surface area contributed by atoms with Crippen LogP contribution >= 0.6 is 0 Å². The quantitative estimate of drug-likeness (QED) is 0.843. The van der Waals surface area contributed by atoms with Crippen molar-refractivity contribution in [3.63, 3.8) is 0 Å². The summed E-state index contributed by atoms with van der Waals surface area (Å²) >= 11 is 0. The molecule has 0 unspecified atom stereocenters. The van der Waals surface area contributed by atoms with Crippen LogP contribution in [0.5, 0.6) is 0 Å². The highest BCUT2D eigenvalue weighted by molar-refractivity contribution is 5.69. The number of carbonyl (C=O) groups excluding carboxylic acids is 1. The van der Waals surface area contributed by atoms with Crippen molar-refractivity contribution < 1.29 is 9.53 Å². The maximum Gasteiger partial charge on any atom is 0.407 e. The van der Waals surface area contributed by atoms with E-state index in [1.54, 1.807) is 0 Å². The Morgan fingerprint density at radius 3 is 2.36 bits per heavy atom. The zero-order valence-corrected chi connectivity index (χ0v) is 13.2. The molecule has 2 aromatic carbocycles. The first kappa shape index (κ1) is 15.9. The SMILES string of the molecule is CC(C)(C)OC(=O)NCc1ccc(-c2cccc(N)c2)cc1. The molecule has 4 heteroatoms. The summed E-state index contributed by atoms with van der Waals surface area (Å²) in [4.78, 5) is 11.6. The lowest BCUT2D eigenvalue weighted by Gasteiger charge is -2.19. The Labute approximate surface area is 131 Å². The third-order valence-electron chi connectivity index (χ3n) is 3.01. The van der Waals surface area contributed by atoms with Gasteiger partial charge in [0, 0.05) is 12.2 Å². The van der Waals surface area contributed by atoms with E-state index in [-0.39, 0.29) is 0 Å². The van der Waals surface area contributed by atoms with Crippen LogP contribution in [-0.4, -0.2) is 11.7 Å². The van der Waals surface area contributed by atoms with Gasteiger partial charge in [-0.05, 0) is 49.6 Å². The molecule has 0 atom stereocenters. The van der Waals surface area contributed by atoms with Crippen molar-refractivity contribution in [2.75, 3.05) is 5.73 Å². The van der Waals surface area contributed by atoms with Gasteiger partial charge in [-0.25, -0.2) is 4.79 Å². The van der Waals surface area contributed by atoms with E-state index in [2.05, 4.69) is 5.32 Å². The Bertz CT molecular complexity index is 643. The number of hydrogen-bond donors (Lipinski definition) is 2. The fraction of sp³-hybridized carbons (Fsp3) is 0.278. The number of amides is 1. The topological polar surface area (TPSA) is 64.3 Å². The number of ether oxygens (including phenoxy) is 1. The van der Waals surface area contributed by atoms with Crippen LogP contribution in [-0.2, 0) is 11.3 Å². The first-order chi connectivity index (χ1) is 10.3. The Kier molecular flexibility index (Phi) is 4.71. The van der Waals surface area contributed by atoms with Crippen LogP contribution in [0.4, 0.5) is 10.5 Å². The maximum absolute atomic E-state index is 11.6. The van der Waals surface area contributed by atoms with Crippen LogP contribution in [0.15, 0.2) is 48.5 Å². The van der Waals surface area contributed by atoms with Gasteiger partial charge in [-0.2, -0.15) is 0 Å². The van der Waals surface area contributed by atoms with Gasteiger partial charge in [0.2, 0.25) is 0 Å². The number of nitrogens with one attached hydrogen (secondary N) is 1. The predicted octanol–water partition coefficient (Wildman–Crippen LogP) is 3.96. The number of anilines is 1. The van der Waals surface area contributed by atoms with Crippen LogP contribution in [0.3, 0.4) is 0 Å². The molecule has 1 amide bonds. The zero-order chi connectivity index (χ0) is 16.2. The average Bonchev–Trinajstić information content (AvgIpc) is 2.44. The maximum atomic E-state index is 11.6. The second-order valence-electron chi connectivity index (χ2n) is 6.18. The number of alkyl carbamates (subject to hydrolysis) is 1. The predicted molar refractivity (Wildman–Crippen MR) is 89.4 cm³/mol. The highest BCUT2D eigenvalue weighted by Crippen LogP contribution is 2.21. The van der Waals surface area contributed by atoms with Gasteiger partial charge in [-0.3, -0.25) is 0 Å². The molecule has 22 heavy (non-hydrogen) atoms. The molecule has 0 saturated heterocycles. The minimum atomic E-state index is -0.485. The number of hydrogen-bond acceptors (Lipinski definition) is 3. The molecule has 0 heterocycles. The number of rotatable bonds is 3. The lowest BCUT2D eigenvalue weighted by atomic mass is 10.0. The minimum Gasteiger partial charge on any atom is -0.444 e. The van der Waals surface area contributed by atoms with Crippen molar-refractivity contribution in [1.82, 2.24) is 5.32 Å². The van der Waals surface area contributed by atoms with Crippen LogP contribution in [0, 0.1) is 0 Å². The smallest absolute Gasteiger partial charge is 0.407 e. The van der Waals surface area contributed by atoms with E-state index in [9.17, 15) is 4.79 Å². The van der Waals surface area contributed by atoms with Gasteiger partial charge in [0.25, 0.3) is 0 Å². The normalized spacial score (nSPS) is 11.0. The van der Waals surface area contributed by atoms with Crippen LogP contribution < -0.4 is 11.1 Å². The Balaban J connectivity index is 1.96. The molecule has 0 bridgehead atoms. The molecule has 2 rings (SSSR count). The van der Waals surface area contributed by atoms with Crippen molar-refractivity contribution in [2.24, 2.45) is 0 Å². The fourth-order valence-electron chi connectivity index (χ4n) is 2.02. The van der Waals surface area contributed by atoms with Crippen LogP contribution in [0.2, 0.25) is 0 Å². The van der Waals surface area contributed by atoms with E-state index in [4.69, 9.17) is 10.5 Å². The van der Waals surface area contributed by atoms with Crippen molar-refractivity contribution in [1.29, 1.82) is 0 Å². The summed E-state index contributed by atoms with van der Waals surface area (Å²) in [7, 11) is 0. The fourth-order valence-corrected chi connectivity index (χ4v) is 2.02. The molecule has 4 nitrogen and oxygen atoms in total. The monoisotopic (exact) mass is 298 g/mol. The van der Waals surface area contributed by atoms with Gasteiger partial charge in [-0.1, -0.05) is 36.4 Å². The molecule has 0 radical (unpaired) electrons. The average molecular weight is 298 g/mol. The third kappa shape index (κ3) is 4.81. The van der Waals surface area contributed by atoms with E-state index in [1.165, 1.54) is 0 Å². The molecule has 0 fully saturated rings. The number of nitrogens with two attached hydrogens (primary N) is 1. The van der Waals surface area contributed by atoms with Crippen LogP contribution in [0.25, 0.3) is 11.1 Å². The Morgan fingerprint density at radius 2 is 1.77 bits per heavy atom. The second kappa shape index (κ2) is 6.52. The molecular formula is C18H22N2O2. The molecule has 0 aromatic heterocycles. The Morgan fingerprint density at radius 1 is 1.09 bits per heavy atom. The molecule has 3 N–H and O–H groups in total. The summed E-state index contributed by atoms with van der Waals surface area (Å²) in [5, 5.41) is 2.74. The standard InChI is InChI=1S/C18H22N2O2/c1-18(2,3)22-17(21)20-12-13-7-9-14(10-8-13)15-5-4-6-16(19)11-15/h4-11H,12,19H2,1-3H3,(H,20,21). The van der Waals surface area contributed by atoms with Gasteiger partial charge in [0.05, 0.1) is 0 Å². The highest BCUT2D eigenvalue weighted by Gasteiger charge is 2.15. The summed E-state index contributed by atoms with van der Waals surface area (Å²) in [5.74, 6) is 0. The third-order valence-corrected chi connectivity index (χ3v) is 3.01. The second-order valence-corrected chi connectivity index (χ2v) is 6.18. The van der Waals surface area contributed by atoms with Gasteiger partial charge in [-0.15, -0.1) is 0 Å². The van der Waals surface area contributed by atoms with E-state index in [0.29, 0.717) is 6.54 Å². The van der Waals surface area contributed by atoms with E-state index in [1.807, 2.05) is 69.3 Å². The molecule has 2 aromatic rings. The lowest BCUT2D eigenvalue weighted by molar-refractivity contribution is 0.0523.